The highest BCUT2D eigenvalue weighted by Gasteiger charge is 2.17. The first-order valence-electron chi connectivity index (χ1n) is 6.45. The van der Waals surface area contributed by atoms with Gasteiger partial charge in [0.15, 0.2) is 5.69 Å². The fourth-order valence-electron chi connectivity index (χ4n) is 1.81. The van der Waals surface area contributed by atoms with Crippen molar-refractivity contribution in [3.8, 4) is 5.69 Å². The van der Waals surface area contributed by atoms with E-state index >= 15 is 0 Å². The Morgan fingerprint density at radius 3 is 2.76 bits per heavy atom. The van der Waals surface area contributed by atoms with Crippen LogP contribution in [-0.4, -0.2) is 34.7 Å². The third-order valence-electron chi connectivity index (χ3n) is 2.94. The average Bonchev–Trinajstić information content (AvgIpc) is 2.96. The van der Waals surface area contributed by atoms with E-state index < -0.39 is 11.9 Å². The summed E-state index contributed by atoms with van der Waals surface area (Å²) in [6.07, 6.45) is 1.66. The van der Waals surface area contributed by atoms with E-state index in [1.165, 1.54) is 7.05 Å². The second-order valence-corrected chi connectivity index (χ2v) is 4.55. The fraction of sp³-hybridized carbons (Fsp3) is 0.214. The van der Waals surface area contributed by atoms with E-state index in [1.807, 2.05) is 6.07 Å². The number of hydrogen-bond donors (Lipinski definition) is 3. The molecule has 0 aliphatic rings. The van der Waals surface area contributed by atoms with Gasteiger partial charge in [0, 0.05) is 18.9 Å². The first-order valence-corrected chi connectivity index (χ1v) is 6.45. The van der Waals surface area contributed by atoms with E-state index in [4.69, 9.17) is 5.73 Å². The summed E-state index contributed by atoms with van der Waals surface area (Å²) in [6.45, 7) is 1.60. The number of carbonyl (C=O) groups is 2. The molecule has 7 heteroatoms. The quantitative estimate of drug-likeness (QED) is 0.705. The number of benzene rings is 1. The van der Waals surface area contributed by atoms with Crippen LogP contribution in [0.15, 0.2) is 36.5 Å². The molecule has 0 spiro atoms. The normalized spacial score (nSPS) is 11.7. The molecule has 1 atom stereocenters. The van der Waals surface area contributed by atoms with Crippen LogP contribution in [0, 0.1) is 0 Å². The molecule has 0 bridgehead atoms. The molecule has 0 aliphatic heterocycles. The van der Waals surface area contributed by atoms with Gasteiger partial charge in [-0.25, -0.2) is 4.68 Å². The lowest BCUT2D eigenvalue weighted by atomic mass is 10.3. The topological polar surface area (TPSA) is 102 Å². The smallest absolute Gasteiger partial charge is 0.272 e. The molecule has 0 aliphatic carbocycles. The highest BCUT2D eigenvalue weighted by atomic mass is 16.2. The number of nitrogens with one attached hydrogen (secondary N) is 2. The Hall–Kier alpha value is -2.83. The van der Waals surface area contributed by atoms with Crippen LogP contribution in [0.3, 0.4) is 0 Å². The minimum Gasteiger partial charge on any atom is -0.399 e. The zero-order chi connectivity index (χ0) is 15.4. The summed E-state index contributed by atoms with van der Waals surface area (Å²) < 4.78 is 1.55. The number of nitrogens with zero attached hydrogens (tertiary/aromatic N) is 2. The van der Waals surface area contributed by atoms with Gasteiger partial charge in [0.05, 0.1) is 5.69 Å². The van der Waals surface area contributed by atoms with Gasteiger partial charge in [-0.15, -0.1) is 0 Å². The van der Waals surface area contributed by atoms with Crippen LogP contribution in [0.1, 0.15) is 17.4 Å². The third kappa shape index (κ3) is 3.38. The van der Waals surface area contributed by atoms with Gasteiger partial charge in [0.1, 0.15) is 6.04 Å². The first kappa shape index (κ1) is 14.6. The minimum absolute atomic E-state index is 0.230. The van der Waals surface area contributed by atoms with Gasteiger partial charge < -0.3 is 16.4 Å². The van der Waals surface area contributed by atoms with Gasteiger partial charge in [-0.2, -0.15) is 5.10 Å². The molecule has 21 heavy (non-hydrogen) atoms. The van der Waals surface area contributed by atoms with Crippen LogP contribution in [0.5, 0.6) is 0 Å². The van der Waals surface area contributed by atoms with E-state index in [0.717, 1.165) is 5.69 Å². The lowest BCUT2D eigenvalue weighted by Gasteiger charge is -2.10. The first-order chi connectivity index (χ1) is 10.0. The Labute approximate surface area is 122 Å². The zero-order valence-corrected chi connectivity index (χ0v) is 11.8. The lowest BCUT2D eigenvalue weighted by Crippen LogP contribution is -2.43. The molecule has 1 aromatic heterocycles. The number of anilines is 1. The fourth-order valence-corrected chi connectivity index (χ4v) is 1.81. The van der Waals surface area contributed by atoms with Crippen molar-refractivity contribution in [3.05, 3.63) is 42.2 Å². The van der Waals surface area contributed by atoms with Gasteiger partial charge >= 0.3 is 0 Å². The van der Waals surface area contributed by atoms with Crippen LogP contribution in [0.25, 0.3) is 5.69 Å². The molecular weight excluding hydrogens is 270 g/mol. The number of nitrogens with two attached hydrogens (primary N) is 1. The number of hydrogen-bond acceptors (Lipinski definition) is 4. The molecule has 4 N–H and O–H groups in total. The maximum Gasteiger partial charge on any atom is 0.272 e. The van der Waals surface area contributed by atoms with Crippen molar-refractivity contribution >= 4 is 17.5 Å². The second kappa shape index (κ2) is 6.08. The molecule has 0 saturated carbocycles. The number of rotatable bonds is 4. The molecule has 2 rings (SSSR count). The minimum atomic E-state index is -0.625. The van der Waals surface area contributed by atoms with E-state index in [2.05, 4.69) is 15.7 Å². The van der Waals surface area contributed by atoms with E-state index in [1.54, 1.807) is 42.1 Å². The molecule has 1 heterocycles. The summed E-state index contributed by atoms with van der Waals surface area (Å²) in [4.78, 5) is 23.4. The van der Waals surface area contributed by atoms with Crippen LogP contribution >= 0.6 is 0 Å². The van der Waals surface area contributed by atoms with Crippen molar-refractivity contribution in [2.24, 2.45) is 0 Å². The van der Waals surface area contributed by atoms with E-state index in [9.17, 15) is 9.59 Å². The van der Waals surface area contributed by atoms with Crippen molar-refractivity contribution in [3.63, 3.8) is 0 Å². The Morgan fingerprint density at radius 2 is 2.10 bits per heavy atom. The van der Waals surface area contributed by atoms with Gasteiger partial charge in [-0.1, -0.05) is 6.07 Å². The predicted molar refractivity (Wildman–Crippen MR) is 79.0 cm³/mol. The number of carbonyl (C=O) groups excluding carboxylic acids is 2. The zero-order valence-electron chi connectivity index (χ0n) is 11.8. The maximum atomic E-state index is 12.0. The monoisotopic (exact) mass is 287 g/mol. The van der Waals surface area contributed by atoms with E-state index in [-0.39, 0.29) is 11.6 Å². The molecule has 2 aromatic rings. The number of amides is 2. The highest BCUT2D eigenvalue weighted by molar-refractivity contribution is 5.95. The van der Waals surface area contributed by atoms with Crippen LogP contribution in [-0.2, 0) is 4.79 Å². The molecule has 110 valence electrons. The van der Waals surface area contributed by atoms with Crippen molar-refractivity contribution < 1.29 is 9.59 Å². The van der Waals surface area contributed by atoms with E-state index in [0.29, 0.717) is 5.69 Å². The number of likely N-dealkylation sites (N-methyl/N-ethyl adjacent to an activating group) is 1. The van der Waals surface area contributed by atoms with Gasteiger partial charge in [-0.3, -0.25) is 9.59 Å². The molecule has 0 radical (unpaired) electrons. The maximum absolute atomic E-state index is 12.0. The summed E-state index contributed by atoms with van der Waals surface area (Å²) >= 11 is 0. The number of aromatic nitrogens is 2. The summed E-state index contributed by atoms with van der Waals surface area (Å²) in [5, 5.41) is 9.21. The Balaban J connectivity index is 2.13. The molecule has 1 unspecified atom stereocenters. The summed E-state index contributed by atoms with van der Waals surface area (Å²) in [5.41, 5.74) is 7.31. The number of nitrogen functional groups attached to an aromatic ring is 1. The Bertz CT molecular complexity index is 665. The van der Waals surface area contributed by atoms with Gasteiger partial charge in [-0.05, 0) is 31.2 Å². The largest absolute Gasteiger partial charge is 0.399 e. The molecule has 0 fully saturated rings. The molecule has 1 aromatic carbocycles. The van der Waals surface area contributed by atoms with Gasteiger partial charge in [0.25, 0.3) is 5.91 Å². The second-order valence-electron chi connectivity index (χ2n) is 4.55. The Morgan fingerprint density at radius 1 is 1.33 bits per heavy atom. The standard InChI is InChI=1S/C14H17N5O2/c1-9(13(20)16-2)17-14(21)12-6-7-19(18-12)11-5-3-4-10(15)8-11/h3-9H,15H2,1-2H3,(H,16,20)(H,17,21). The van der Waals surface area contributed by atoms with Crippen LogP contribution < -0.4 is 16.4 Å². The van der Waals surface area contributed by atoms with Crippen molar-refractivity contribution in [1.29, 1.82) is 0 Å². The summed E-state index contributed by atoms with van der Waals surface area (Å²) in [6, 6.07) is 8.11. The van der Waals surface area contributed by atoms with Crippen LogP contribution in [0.2, 0.25) is 0 Å². The predicted octanol–water partition coefficient (Wildman–Crippen LogP) is 0.319. The highest BCUT2D eigenvalue weighted by Crippen LogP contribution is 2.11. The van der Waals surface area contributed by atoms with Crippen LogP contribution in [0.4, 0.5) is 5.69 Å². The molecular formula is C14H17N5O2. The third-order valence-corrected chi connectivity index (χ3v) is 2.94. The summed E-state index contributed by atoms with van der Waals surface area (Å²) in [5.74, 6) is -0.674. The van der Waals surface area contributed by atoms with Gasteiger partial charge in [0.2, 0.25) is 5.91 Å². The lowest BCUT2D eigenvalue weighted by molar-refractivity contribution is -0.122. The Kier molecular flexibility index (Phi) is 4.22. The molecule has 2 amide bonds. The molecule has 7 nitrogen and oxygen atoms in total. The molecule has 0 saturated heterocycles. The average molecular weight is 287 g/mol. The van der Waals surface area contributed by atoms with Crippen molar-refractivity contribution in [2.45, 2.75) is 13.0 Å². The SMILES string of the molecule is CNC(=O)C(C)NC(=O)c1ccn(-c2cccc(N)c2)n1. The van der Waals surface area contributed by atoms with Crippen molar-refractivity contribution in [2.75, 3.05) is 12.8 Å². The van der Waals surface area contributed by atoms with Crippen molar-refractivity contribution in [1.82, 2.24) is 20.4 Å². The summed E-state index contributed by atoms with van der Waals surface area (Å²) in [7, 11) is 1.51.